The second-order valence-electron chi connectivity index (χ2n) is 21.8. The van der Waals surface area contributed by atoms with E-state index in [0.29, 0.717) is 12.0 Å². The van der Waals surface area contributed by atoms with E-state index >= 15 is 0 Å². The number of aryl methyl sites for hydroxylation is 2. The molecule has 5 heteroatoms. The fraction of sp³-hybridized carbons (Fsp3) is 0.224. The summed E-state index contributed by atoms with van der Waals surface area (Å²) in [6.45, 7) is 0.0901. The van der Waals surface area contributed by atoms with Crippen LogP contribution in [0.25, 0.3) is 33.2 Å². The van der Waals surface area contributed by atoms with E-state index in [2.05, 4.69) is 196 Å². The monoisotopic (exact) mass is 993 g/mol. The van der Waals surface area contributed by atoms with Crippen molar-refractivity contribution in [2.75, 3.05) is 4.90 Å². The molecule has 0 spiro atoms. The van der Waals surface area contributed by atoms with Crippen molar-refractivity contribution in [2.24, 2.45) is 0 Å². The molecular weight excluding hydrogens is 937 g/mol. The standard InChI is InChI=1S/C67H56BN3Se/c1-4-19-43(20-5-1)67(44-21-6-2-7-22-44)54-39-45(69-58-30-14-10-24-49(58)50-25-11-15-31-59(50)69)35-37-56(54)68-57-38-36-46(70-60-32-16-12-27-52(60)53-28-18-34-63(53)70)41-64(57)72-65-42-47(40-55(67)66(65)68)71-61-29-9-3-8-23-48(61)51-26-13-17-33-62(51)71/h1-2,4-7,10,12-14,16-17,19-22,24,26-27,30,32-33,35-42,48,61H,3,8-9,11,15,18,23,25,28-29,31,34H2. The molecule has 2 unspecified atom stereocenters. The van der Waals surface area contributed by atoms with Gasteiger partial charge in [-0.15, -0.1) is 0 Å². The van der Waals surface area contributed by atoms with Gasteiger partial charge in [-0.05, 0) is 0 Å². The van der Waals surface area contributed by atoms with Gasteiger partial charge in [-0.3, -0.25) is 0 Å². The van der Waals surface area contributed by atoms with Gasteiger partial charge in [0, 0.05) is 0 Å². The average molecular weight is 993 g/mol. The molecular formula is C67H56BN3Se. The van der Waals surface area contributed by atoms with Crippen LogP contribution >= 0.6 is 0 Å². The number of benzene rings is 8. The summed E-state index contributed by atoms with van der Waals surface area (Å²) in [5, 5.41) is 2.85. The van der Waals surface area contributed by atoms with Gasteiger partial charge in [-0.2, -0.15) is 0 Å². The fourth-order valence-electron chi connectivity index (χ4n) is 15.5. The molecule has 2 aromatic heterocycles. The Kier molecular flexibility index (Phi) is 9.36. The predicted octanol–water partition coefficient (Wildman–Crippen LogP) is 11.7. The third-order valence-electron chi connectivity index (χ3n) is 18.3. The normalized spacial score (nSPS) is 19.0. The molecule has 0 amide bonds. The van der Waals surface area contributed by atoms with Crippen LogP contribution in [0.3, 0.4) is 0 Å². The second-order valence-corrected chi connectivity index (χ2v) is 24.0. The van der Waals surface area contributed by atoms with Gasteiger partial charge >= 0.3 is 432 Å². The first-order valence-electron chi connectivity index (χ1n) is 27.1. The molecule has 3 nitrogen and oxygen atoms in total. The number of rotatable bonds is 5. The van der Waals surface area contributed by atoms with E-state index in [9.17, 15) is 0 Å². The molecule has 72 heavy (non-hydrogen) atoms. The van der Waals surface area contributed by atoms with Gasteiger partial charge in [0.1, 0.15) is 0 Å². The zero-order valence-electron chi connectivity index (χ0n) is 40.8. The van der Waals surface area contributed by atoms with Crippen molar-refractivity contribution < 1.29 is 0 Å². The number of hydrogen-bond donors (Lipinski definition) is 0. The Morgan fingerprint density at radius 2 is 1.04 bits per heavy atom. The van der Waals surface area contributed by atoms with Crippen LogP contribution in [-0.2, 0) is 31.1 Å². The van der Waals surface area contributed by atoms with Gasteiger partial charge in [0.05, 0.1) is 0 Å². The van der Waals surface area contributed by atoms with Crippen LogP contribution in [0.15, 0.2) is 182 Å². The minimum absolute atomic E-state index is 0.0514. The molecule has 8 aromatic carbocycles. The Labute approximate surface area is 429 Å². The average Bonchev–Trinajstić information content (AvgIpc) is 4.16. The molecule has 0 N–H and O–H groups in total. The molecule has 16 rings (SSSR count). The maximum atomic E-state index is 2.85. The first-order valence-corrected chi connectivity index (χ1v) is 28.8. The predicted molar refractivity (Wildman–Crippen MR) is 301 cm³/mol. The third kappa shape index (κ3) is 5.81. The van der Waals surface area contributed by atoms with Crippen LogP contribution < -0.4 is 30.2 Å². The SMILES string of the molecule is c1ccc(C2(c3ccccc3)c3cc(-n4c5c(c6ccccc64)CCCC5)ccc3B3c4ccc(-n5c6c(c7ccccc75)CCC6)cc4[Se]c4cc(N5c6ccccc6C6CCCCCC65)cc2c43)cc1. The van der Waals surface area contributed by atoms with Crippen molar-refractivity contribution >= 4 is 80.2 Å². The molecule has 348 valence electrons. The first kappa shape index (κ1) is 41.8. The topological polar surface area (TPSA) is 13.1 Å². The van der Waals surface area contributed by atoms with Crippen LogP contribution in [0.5, 0.6) is 0 Å². The molecule has 5 heterocycles. The molecule has 2 atom stereocenters. The van der Waals surface area contributed by atoms with Crippen molar-refractivity contribution in [1.82, 2.24) is 9.13 Å². The van der Waals surface area contributed by atoms with Crippen LogP contribution in [0.2, 0.25) is 0 Å². The maximum absolute atomic E-state index is 2.85. The third-order valence-corrected chi connectivity index (χ3v) is 20.7. The van der Waals surface area contributed by atoms with Crippen molar-refractivity contribution in [3.8, 4) is 11.4 Å². The summed E-state index contributed by atoms with van der Waals surface area (Å²) in [6, 6.07) is 72.5. The number of anilines is 2. The first-order chi connectivity index (χ1) is 35.7. The van der Waals surface area contributed by atoms with E-state index in [1.54, 1.807) is 21.2 Å². The molecule has 6 aliphatic rings. The summed E-state index contributed by atoms with van der Waals surface area (Å²) in [6.07, 6.45) is 14.7. The van der Waals surface area contributed by atoms with E-state index in [-0.39, 0.29) is 21.7 Å². The van der Waals surface area contributed by atoms with Gasteiger partial charge in [-0.25, -0.2) is 0 Å². The molecule has 0 bridgehead atoms. The van der Waals surface area contributed by atoms with E-state index in [1.165, 1.54) is 157 Å². The second kappa shape index (κ2) is 16.1. The minimum atomic E-state index is -0.590. The Balaban J connectivity index is 1.01. The van der Waals surface area contributed by atoms with Gasteiger partial charge in [0.25, 0.3) is 0 Å². The van der Waals surface area contributed by atoms with Crippen molar-refractivity contribution in [1.29, 1.82) is 0 Å². The Morgan fingerprint density at radius 3 is 1.79 bits per heavy atom. The molecule has 1 saturated carbocycles. The van der Waals surface area contributed by atoms with Gasteiger partial charge in [0.2, 0.25) is 0 Å². The van der Waals surface area contributed by atoms with E-state index in [4.69, 9.17) is 0 Å². The number of aromatic nitrogens is 2. The number of hydrogen-bond acceptors (Lipinski definition) is 1. The van der Waals surface area contributed by atoms with Crippen LogP contribution in [0.1, 0.15) is 108 Å². The number of para-hydroxylation sites is 3. The van der Waals surface area contributed by atoms with E-state index in [1.807, 2.05) is 0 Å². The van der Waals surface area contributed by atoms with Crippen LogP contribution in [-0.4, -0.2) is 36.8 Å². The summed E-state index contributed by atoms with van der Waals surface area (Å²) in [5.74, 6) is 0.550. The summed E-state index contributed by atoms with van der Waals surface area (Å²) < 4.78 is 8.36. The van der Waals surface area contributed by atoms with E-state index in [0.717, 1.165) is 19.3 Å². The molecule has 3 aliphatic carbocycles. The Bertz CT molecular complexity index is 3810. The van der Waals surface area contributed by atoms with Crippen LogP contribution in [0.4, 0.5) is 11.4 Å². The zero-order chi connectivity index (χ0) is 47.1. The van der Waals surface area contributed by atoms with Crippen molar-refractivity contribution in [2.45, 2.75) is 94.4 Å². The Hall–Kier alpha value is -6.78. The molecule has 0 radical (unpaired) electrons. The summed E-state index contributed by atoms with van der Waals surface area (Å²) in [5.41, 5.74) is 25.2. The number of fused-ring (bicyclic) bond motifs is 13. The quantitative estimate of drug-likeness (QED) is 0.157. The fourth-order valence-corrected chi connectivity index (χ4v) is 18.1. The van der Waals surface area contributed by atoms with Crippen LogP contribution in [0, 0.1) is 0 Å². The van der Waals surface area contributed by atoms with Gasteiger partial charge in [-0.1, -0.05) is 0 Å². The summed E-state index contributed by atoms with van der Waals surface area (Å²) in [4.78, 5) is 2.85. The molecule has 1 fully saturated rings. The molecule has 10 aromatic rings. The summed E-state index contributed by atoms with van der Waals surface area (Å²) in [7, 11) is 0. The van der Waals surface area contributed by atoms with Crippen molar-refractivity contribution in [3.05, 3.63) is 232 Å². The van der Waals surface area contributed by atoms with Crippen molar-refractivity contribution in [3.63, 3.8) is 0 Å². The molecule has 3 aliphatic heterocycles. The zero-order valence-corrected chi connectivity index (χ0v) is 42.5. The molecule has 0 saturated heterocycles. The van der Waals surface area contributed by atoms with Gasteiger partial charge < -0.3 is 0 Å². The summed E-state index contributed by atoms with van der Waals surface area (Å²) >= 11 is 0.0514. The van der Waals surface area contributed by atoms with E-state index < -0.39 is 5.41 Å². The Morgan fingerprint density at radius 1 is 0.458 bits per heavy atom. The number of nitrogens with zero attached hydrogens (tertiary/aromatic N) is 3. The van der Waals surface area contributed by atoms with Gasteiger partial charge in [0.15, 0.2) is 0 Å².